The molecule has 0 bridgehead atoms. The average molecular weight is 370 g/mol. The first kappa shape index (κ1) is 14.0. The fraction of sp³-hybridized carbons (Fsp3) is 0.231. The Morgan fingerprint density at radius 3 is 2.68 bits per heavy atom. The van der Waals surface area contributed by atoms with Gasteiger partial charge in [-0.25, -0.2) is 0 Å². The predicted octanol–water partition coefficient (Wildman–Crippen LogP) is 2.33. The summed E-state index contributed by atoms with van der Waals surface area (Å²) in [6, 6.07) is 9.23. The van der Waals surface area contributed by atoms with Gasteiger partial charge >= 0.3 is 0 Å². The van der Waals surface area contributed by atoms with E-state index < -0.39 is 0 Å². The largest absolute Gasteiger partial charge is 0.305 e. The number of H-pyrrole nitrogens is 1. The van der Waals surface area contributed by atoms with Crippen molar-refractivity contribution in [2.24, 2.45) is 0 Å². The van der Waals surface area contributed by atoms with Crippen LogP contribution in [-0.2, 0) is 6.54 Å². The van der Waals surface area contributed by atoms with Gasteiger partial charge in [-0.05, 0) is 61.0 Å². The molecule has 0 unspecified atom stereocenters. The van der Waals surface area contributed by atoms with Crippen LogP contribution in [0.4, 0.5) is 5.82 Å². The number of hydrogen-bond donors (Lipinski definition) is 2. The summed E-state index contributed by atoms with van der Waals surface area (Å²) in [7, 11) is 3.95. The van der Waals surface area contributed by atoms with E-state index in [4.69, 9.17) is 0 Å². The Morgan fingerprint density at radius 2 is 2.05 bits per heavy atom. The normalized spacial score (nSPS) is 10.7. The fourth-order valence-corrected chi connectivity index (χ4v) is 2.00. The van der Waals surface area contributed by atoms with Crippen LogP contribution in [0.25, 0.3) is 0 Å². The summed E-state index contributed by atoms with van der Waals surface area (Å²) in [5.74, 6) is 0.389. The molecule has 0 radical (unpaired) electrons. The first-order chi connectivity index (χ1) is 9.04. The molecule has 0 aliphatic rings. The highest BCUT2D eigenvalue weighted by atomic mass is 127. The van der Waals surface area contributed by atoms with E-state index in [2.05, 4.69) is 38.1 Å². The van der Waals surface area contributed by atoms with Gasteiger partial charge in [0.25, 0.3) is 5.91 Å². The van der Waals surface area contributed by atoms with Gasteiger partial charge in [0, 0.05) is 21.7 Å². The molecule has 0 saturated carbocycles. The van der Waals surface area contributed by atoms with Crippen molar-refractivity contribution in [3.05, 3.63) is 45.2 Å². The first-order valence-electron chi connectivity index (χ1n) is 5.80. The topological polar surface area (TPSA) is 61.0 Å². The number of rotatable bonds is 4. The minimum absolute atomic E-state index is 0.153. The van der Waals surface area contributed by atoms with Gasteiger partial charge in [-0.3, -0.25) is 9.89 Å². The van der Waals surface area contributed by atoms with Crippen molar-refractivity contribution in [2.75, 3.05) is 19.4 Å². The Hall–Kier alpha value is -1.41. The summed E-state index contributed by atoms with van der Waals surface area (Å²) in [4.78, 5) is 14.0. The molecule has 1 aromatic carbocycles. The van der Waals surface area contributed by atoms with Gasteiger partial charge in [-0.2, -0.15) is 5.10 Å². The molecule has 1 aromatic heterocycles. The van der Waals surface area contributed by atoms with Gasteiger partial charge in [0.05, 0.1) is 5.69 Å². The van der Waals surface area contributed by atoms with Gasteiger partial charge in [0.2, 0.25) is 0 Å². The minimum Gasteiger partial charge on any atom is -0.305 e. The van der Waals surface area contributed by atoms with Crippen LogP contribution in [0.1, 0.15) is 16.1 Å². The summed E-state index contributed by atoms with van der Waals surface area (Å²) >= 11 is 2.20. The van der Waals surface area contributed by atoms with Gasteiger partial charge in [0.1, 0.15) is 0 Å². The standard InChI is InChI=1S/C13H15IN4O/c1-18(2)8-11-7-12(17-16-11)15-13(19)9-3-5-10(14)6-4-9/h3-7H,8H2,1-2H3,(H2,15,16,17,19). The molecule has 1 amide bonds. The van der Waals surface area contributed by atoms with E-state index in [1.165, 1.54) is 0 Å². The van der Waals surface area contributed by atoms with Gasteiger partial charge in [-0.15, -0.1) is 0 Å². The van der Waals surface area contributed by atoms with Crippen LogP contribution in [0.15, 0.2) is 30.3 Å². The lowest BCUT2D eigenvalue weighted by Crippen LogP contribution is -2.12. The zero-order valence-electron chi connectivity index (χ0n) is 10.8. The average Bonchev–Trinajstić information content (AvgIpc) is 2.76. The second kappa shape index (κ2) is 6.16. The van der Waals surface area contributed by atoms with Crippen LogP contribution in [0.5, 0.6) is 0 Å². The zero-order valence-corrected chi connectivity index (χ0v) is 12.9. The summed E-state index contributed by atoms with van der Waals surface area (Å²) in [6.07, 6.45) is 0. The molecule has 2 rings (SSSR count). The fourth-order valence-electron chi connectivity index (χ4n) is 1.64. The van der Waals surface area contributed by atoms with Crippen LogP contribution in [-0.4, -0.2) is 35.1 Å². The first-order valence-corrected chi connectivity index (χ1v) is 6.88. The van der Waals surface area contributed by atoms with E-state index in [0.717, 1.165) is 15.8 Å². The molecule has 100 valence electrons. The maximum absolute atomic E-state index is 12.0. The summed E-state index contributed by atoms with van der Waals surface area (Å²) < 4.78 is 1.10. The monoisotopic (exact) mass is 370 g/mol. The maximum atomic E-state index is 12.0. The summed E-state index contributed by atoms with van der Waals surface area (Å²) in [6.45, 7) is 0.756. The second-order valence-electron chi connectivity index (χ2n) is 4.48. The Morgan fingerprint density at radius 1 is 1.37 bits per heavy atom. The van der Waals surface area contributed by atoms with Gasteiger partial charge in [0.15, 0.2) is 5.82 Å². The molecule has 2 aromatic rings. The number of nitrogens with zero attached hydrogens (tertiary/aromatic N) is 2. The molecule has 19 heavy (non-hydrogen) atoms. The zero-order chi connectivity index (χ0) is 13.8. The third-order valence-electron chi connectivity index (χ3n) is 2.47. The van der Waals surface area contributed by atoms with E-state index in [1.807, 2.05) is 37.2 Å². The quantitative estimate of drug-likeness (QED) is 0.813. The lowest BCUT2D eigenvalue weighted by molar-refractivity contribution is 0.102. The Kier molecular flexibility index (Phi) is 4.54. The summed E-state index contributed by atoms with van der Waals surface area (Å²) in [5.41, 5.74) is 1.58. The Labute approximate surface area is 125 Å². The number of hydrogen-bond acceptors (Lipinski definition) is 3. The number of aromatic amines is 1. The van der Waals surface area contributed by atoms with Crippen LogP contribution in [0, 0.1) is 3.57 Å². The van der Waals surface area contributed by atoms with E-state index in [-0.39, 0.29) is 5.91 Å². The highest BCUT2D eigenvalue weighted by Crippen LogP contribution is 2.11. The van der Waals surface area contributed by atoms with Crippen molar-refractivity contribution < 1.29 is 4.79 Å². The van der Waals surface area contributed by atoms with Crippen LogP contribution < -0.4 is 5.32 Å². The van der Waals surface area contributed by atoms with Crippen molar-refractivity contribution in [2.45, 2.75) is 6.54 Å². The third kappa shape index (κ3) is 4.03. The number of amides is 1. The molecule has 0 atom stereocenters. The summed E-state index contributed by atoms with van der Waals surface area (Å²) in [5, 5.41) is 9.73. The van der Waals surface area contributed by atoms with E-state index in [9.17, 15) is 4.79 Å². The lowest BCUT2D eigenvalue weighted by atomic mass is 10.2. The molecule has 6 heteroatoms. The SMILES string of the molecule is CN(C)Cc1cc(NC(=O)c2ccc(I)cc2)n[nH]1. The van der Waals surface area contributed by atoms with E-state index in [1.54, 1.807) is 12.1 Å². The predicted molar refractivity (Wildman–Crippen MR) is 83.1 cm³/mol. The molecule has 0 fully saturated rings. The molecule has 0 aliphatic heterocycles. The van der Waals surface area contributed by atoms with Crippen molar-refractivity contribution in [1.82, 2.24) is 15.1 Å². The molecule has 5 nitrogen and oxygen atoms in total. The molecular weight excluding hydrogens is 355 g/mol. The number of aromatic nitrogens is 2. The van der Waals surface area contributed by atoms with Crippen LogP contribution in [0.2, 0.25) is 0 Å². The Balaban J connectivity index is 2.02. The van der Waals surface area contributed by atoms with Gasteiger partial charge in [-0.1, -0.05) is 0 Å². The molecule has 2 N–H and O–H groups in total. The number of anilines is 1. The number of carbonyl (C=O) groups is 1. The third-order valence-corrected chi connectivity index (χ3v) is 3.18. The molecule has 0 saturated heterocycles. The van der Waals surface area contributed by atoms with E-state index in [0.29, 0.717) is 11.4 Å². The van der Waals surface area contributed by atoms with Crippen molar-refractivity contribution >= 4 is 34.3 Å². The Bertz CT molecular complexity index is 562. The number of halogens is 1. The number of carbonyl (C=O) groups excluding carboxylic acids is 1. The molecule has 0 spiro atoms. The maximum Gasteiger partial charge on any atom is 0.256 e. The highest BCUT2D eigenvalue weighted by Gasteiger charge is 2.08. The number of nitrogens with one attached hydrogen (secondary N) is 2. The lowest BCUT2D eigenvalue weighted by Gasteiger charge is -2.05. The van der Waals surface area contributed by atoms with E-state index >= 15 is 0 Å². The van der Waals surface area contributed by atoms with Crippen molar-refractivity contribution in [3.8, 4) is 0 Å². The second-order valence-corrected chi connectivity index (χ2v) is 5.72. The van der Waals surface area contributed by atoms with Crippen molar-refractivity contribution in [1.29, 1.82) is 0 Å². The highest BCUT2D eigenvalue weighted by molar-refractivity contribution is 14.1. The van der Waals surface area contributed by atoms with Crippen LogP contribution >= 0.6 is 22.6 Å². The van der Waals surface area contributed by atoms with Crippen molar-refractivity contribution in [3.63, 3.8) is 0 Å². The minimum atomic E-state index is -0.153. The van der Waals surface area contributed by atoms with Crippen LogP contribution in [0.3, 0.4) is 0 Å². The molecular formula is C13H15IN4O. The molecule has 1 heterocycles. The smallest absolute Gasteiger partial charge is 0.256 e. The molecule has 0 aliphatic carbocycles. The van der Waals surface area contributed by atoms with Gasteiger partial charge < -0.3 is 10.2 Å². The number of benzene rings is 1.